The van der Waals surface area contributed by atoms with E-state index in [9.17, 15) is 4.79 Å². The van der Waals surface area contributed by atoms with Crippen molar-refractivity contribution in [2.45, 2.75) is 0 Å². The molecule has 0 aliphatic rings. The van der Waals surface area contributed by atoms with E-state index in [1.165, 1.54) is 0 Å². The highest BCUT2D eigenvalue weighted by molar-refractivity contribution is 7.22. The van der Waals surface area contributed by atoms with Crippen LogP contribution in [0.5, 0.6) is 0 Å². The molecule has 4 aromatic rings. The first-order chi connectivity index (χ1) is 12.8. The van der Waals surface area contributed by atoms with E-state index in [1.54, 1.807) is 46.7 Å². The topological polar surface area (TPSA) is 84.7 Å². The van der Waals surface area contributed by atoms with Gasteiger partial charge >= 0.3 is 0 Å². The van der Waals surface area contributed by atoms with Crippen LogP contribution in [0.25, 0.3) is 16.0 Å². The van der Waals surface area contributed by atoms with Crippen LogP contribution in [0.15, 0.2) is 61.1 Å². The van der Waals surface area contributed by atoms with Crippen molar-refractivity contribution in [3.05, 3.63) is 66.6 Å². The highest BCUT2D eigenvalue weighted by Crippen LogP contribution is 2.24. The van der Waals surface area contributed by atoms with Gasteiger partial charge in [0.2, 0.25) is 0 Å². The number of nitrogens with zero attached hydrogens (tertiary/aromatic N) is 4. The molecule has 0 atom stereocenters. The monoisotopic (exact) mass is 364 g/mol. The molecule has 0 spiro atoms. The molecule has 3 aromatic heterocycles. The Bertz CT molecular complexity index is 977. The summed E-state index contributed by atoms with van der Waals surface area (Å²) in [4.78, 5) is 20.9. The van der Waals surface area contributed by atoms with Crippen molar-refractivity contribution in [2.75, 3.05) is 18.4 Å². The van der Waals surface area contributed by atoms with Gasteiger partial charge in [0.1, 0.15) is 0 Å². The number of pyridine rings is 1. The van der Waals surface area contributed by atoms with Gasteiger partial charge in [-0.3, -0.25) is 4.79 Å². The number of hydrogen-bond donors (Lipinski definition) is 2. The highest BCUT2D eigenvalue weighted by atomic mass is 32.1. The normalized spacial score (nSPS) is 10.8. The van der Waals surface area contributed by atoms with Gasteiger partial charge in [-0.25, -0.2) is 14.6 Å². The summed E-state index contributed by atoms with van der Waals surface area (Å²) >= 11 is 1.60. The predicted octanol–water partition coefficient (Wildman–Crippen LogP) is 2.72. The Morgan fingerprint density at radius 2 is 2.04 bits per heavy atom. The molecule has 0 fully saturated rings. The van der Waals surface area contributed by atoms with E-state index in [-0.39, 0.29) is 5.91 Å². The van der Waals surface area contributed by atoms with Crippen molar-refractivity contribution in [1.82, 2.24) is 25.1 Å². The second-order valence-corrected chi connectivity index (χ2v) is 6.56. The van der Waals surface area contributed by atoms with Gasteiger partial charge in [0.25, 0.3) is 5.91 Å². The Morgan fingerprint density at radius 3 is 2.81 bits per heavy atom. The summed E-state index contributed by atoms with van der Waals surface area (Å²) in [5.41, 5.74) is 1.49. The minimum atomic E-state index is -0.157. The summed E-state index contributed by atoms with van der Waals surface area (Å²) in [6.07, 6.45) is 5.03. The van der Waals surface area contributed by atoms with Gasteiger partial charge in [0.15, 0.2) is 10.9 Å². The second kappa shape index (κ2) is 7.32. The molecule has 26 heavy (non-hydrogen) atoms. The van der Waals surface area contributed by atoms with Crippen LogP contribution in [0.2, 0.25) is 0 Å². The van der Waals surface area contributed by atoms with E-state index in [0.29, 0.717) is 24.5 Å². The van der Waals surface area contributed by atoms with Crippen molar-refractivity contribution in [1.29, 1.82) is 0 Å². The van der Waals surface area contributed by atoms with E-state index >= 15 is 0 Å². The zero-order valence-corrected chi connectivity index (χ0v) is 14.6. The molecule has 0 saturated carbocycles. The fourth-order valence-corrected chi connectivity index (χ4v) is 3.35. The van der Waals surface area contributed by atoms with E-state index in [4.69, 9.17) is 0 Å². The van der Waals surface area contributed by atoms with E-state index in [0.717, 1.165) is 15.3 Å². The number of carbonyl (C=O) groups is 1. The molecule has 0 radical (unpaired) electrons. The van der Waals surface area contributed by atoms with Crippen LogP contribution >= 0.6 is 11.3 Å². The Labute approximate surface area is 153 Å². The molecule has 2 N–H and O–H groups in total. The molecule has 0 aliphatic carbocycles. The third-order valence-corrected chi connectivity index (χ3v) is 4.72. The summed E-state index contributed by atoms with van der Waals surface area (Å²) in [5.74, 6) is 0.514. The van der Waals surface area contributed by atoms with Crippen LogP contribution in [-0.4, -0.2) is 38.7 Å². The number of thiazole rings is 1. The lowest BCUT2D eigenvalue weighted by molar-refractivity contribution is 0.0955. The lowest BCUT2D eigenvalue weighted by atomic mass is 10.2. The van der Waals surface area contributed by atoms with Crippen molar-refractivity contribution in [3.63, 3.8) is 0 Å². The summed E-state index contributed by atoms with van der Waals surface area (Å²) in [5, 5.41) is 11.1. The highest BCUT2D eigenvalue weighted by Gasteiger charge is 2.07. The van der Waals surface area contributed by atoms with Crippen LogP contribution in [0.3, 0.4) is 0 Å². The number of hydrogen-bond acceptors (Lipinski definition) is 6. The van der Waals surface area contributed by atoms with Crippen LogP contribution in [0.1, 0.15) is 10.4 Å². The first kappa shape index (κ1) is 16.2. The fourth-order valence-electron chi connectivity index (χ4n) is 2.46. The average molecular weight is 364 g/mol. The van der Waals surface area contributed by atoms with Crippen LogP contribution in [0.4, 0.5) is 5.13 Å². The summed E-state index contributed by atoms with van der Waals surface area (Å²) in [6, 6.07) is 13.3. The number of rotatable bonds is 6. The van der Waals surface area contributed by atoms with Crippen LogP contribution in [0, 0.1) is 0 Å². The molecule has 7 nitrogen and oxygen atoms in total. The third kappa shape index (κ3) is 3.55. The zero-order chi connectivity index (χ0) is 17.8. The first-order valence-electron chi connectivity index (χ1n) is 8.13. The average Bonchev–Trinajstić information content (AvgIpc) is 3.34. The largest absolute Gasteiger partial charge is 0.360 e. The summed E-state index contributed by atoms with van der Waals surface area (Å²) < 4.78 is 2.78. The second-order valence-electron chi connectivity index (χ2n) is 5.53. The minimum Gasteiger partial charge on any atom is -0.360 e. The van der Waals surface area contributed by atoms with Gasteiger partial charge in [-0.05, 0) is 30.3 Å². The molecule has 4 rings (SSSR count). The van der Waals surface area contributed by atoms with Gasteiger partial charge in [0.05, 0.1) is 15.8 Å². The molecule has 0 unspecified atom stereocenters. The number of benzene rings is 1. The number of fused-ring (bicyclic) bond motifs is 1. The van der Waals surface area contributed by atoms with Gasteiger partial charge in [0, 0.05) is 31.7 Å². The number of amides is 1. The molecule has 0 aliphatic heterocycles. The maximum absolute atomic E-state index is 12.2. The van der Waals surface area contributed by atoms with Gasteiger partial charge in [-0.15, -0.1) is 0 Å². The Kier molecular flexibility index (Phi) is 4.57. The van der Waals surface area contributed by atoms with Crippen molar-refractivity contribution in [3.8, 4) is 5.82 Å². The lowest BCUT2D eigenvalue weighted by Gasteiger charge is -2.06. The third-order valence-electron chi connectivity index (χ3n) is 3.73. The molecular formula is C18H16N6OS. The maximum atomic E-state index is 12.2. The maximum Gasteiger partial charge on any atom is 0.252 e. The molecule has 1 amide bonds. The zero-order valence-electron chi connectivity index (χ0n) is 13.8. The Hall–Kier alpha value is -3.26. The summed E-state index contributed by atoms with van der Waals surface area (Å²) in [7, 11) is 0. The number of nitrogens with one attached hydrogen (secondary N) is 2. The SMILES string of the molecule is O=C(NCCNc1nc2ccccc2s1)c1ccc(-n2cccn2)nc1. The molecule has 0 bridgehead atoms. The standard InChI is InChI=1S/C18H16N6OS/c25-17(13-6-7-16(21-12-13)24-11-3-8-22-24)19-9-10-20-18-23-14-4-1-2-5-15(14)26-18/h1-8,11-12H,9-10H2,(H,19,25)(H,20,23). The van der Waals surface area contributed by atoms with Crippen LogP contribution < -0.4 is 10.6 Å². The van der Waals surface area contributed by atoms with E-state index in [1.807, 2.05) is 30.3 Å². The smallest absolute Gasteiger partial charge is 0.252 e. The summed E-state index contributed by atoms with van der Waals surface area (Å²) in [6.45, 7) is 1.10. The molecule has 8 heteroatoms. The lowest BCUT2D eigenvalue weighted by Crippen LogP contribution is -2.28. The number of anilines is 1. The molecule has 0 saturated heterocycles. The van der Waals surface area contributed by atoms with Gasteiger partial charge < -0.3 is 10.6 Å². The predicted molar refractivity (Wildman–Crippen MR) is 102 cm³/mol. The minimum absolute atomic E-state index is 0.157. The first-order valence-corrected chi connectivity index (χ1v) is 8.95. The van der Waals surface area contributed by atoms with E-state index < -0.39 is 0 Å². The molecule has 1 aromatic carbocycles. The van der Waals surface area contributed by atoms with E-state index in [2.05, 4.69) is 25.7 Å². The Balaban J connectivity index is 1.28. The molecular weight excluding hydrogens is 348 g/mol. The van der Waals surface area contributed by atoms with Gasteiger partial charge in [-0.2, -0.15) is 5.10 Å². The van der Waals surface area contributed by atoms with Crippen LogP contribution in [-0.2, 0) is 0 Å². The number of para-hydroxylation sites is 1. The fraction of sp³-hybridized carbons (Fsp3) is 0.111. The van der Waals surface area contributed by atoms with Crippen molar-refractivity contribution < 1.29 is 4.79 Å². The Morgan fingerprint density at radius 1 is 1.12 bits per heavy atom. The van der Waals surface area contributed by atoms with Crippen molar-refractivity contribution >= 4 is 32.6 Å². The molecule has 130 valence electrons. The number of carbonyl (C=O) groups excluding carboxylic acids is 1. The molecule has 3 heterocycles. The number of aromatic nitrogens is 4. The van der Waals surface area contributed by atoms with Gasteiger partial charge in [-0.1, -0.05) is 23.5 Å². The van der Waals surface area contributed by atoms with Crippen molar-refractivity contribution in [2.24, 2.45) is 0 Å². The quantitative estimate of drug-likeness (QED) is 0.514.